The molecule has 0 bridgehead atoms. The van der Waals surface area contributed by atoms with E-state index in [1.807, 2.05) is 0 Å². The van der Waals surface area contributed by atoms with Crippen molar-refractivity contribution < 1.29 is 9.12 Å². The van der Waals surface area contributed by atoms with Crippen LogP contribution in [0.3, 0.4) is 0 Å². The molecule has 5 rings (SSSR count). The highest BCUT2D eigenvalue weighted by molar-refractivity contribution is 7.99. The first-order valence-corrected chi connectivity index (χ1v) is 8.91. The molecule has 0 saturated heterocycles. The van der Waals surface area contributed by atoms with Crippen molar-refractivity contribution in [1.29, 1.82) is 0 Å². The molecule has 5 aromatic rings. The number of rotatable bonds is 2. The Morgan fingerprint density at radius 2 is 1.89 bits per heavy atom. The van der Waals surface area contributed by atoms with Crippen LogP contribution in [0.2, 0.25) is 0 Å². The fourth-order valence-corrected chi connectivity index (χ4v) is 4.02. The quantitative estimate of drug-likeness (QED) is 0.280. The third-order valence-corrected chi connectivity index (χ3v) is 5.30. The average Bonchev–Trinajstić information content (AvgIpc) is 3.07. The van der Waals surface area contributed by atoms with Crippen LogP contribution >= 0.6 is 11.8 Å². The summed E-state index contributed by atoms with van der Waals surface area (Å²) >= 11 is 1.37. The van der Waals surface area contributed by atoms with Gasteiger partial charge in [-0.1, -0.05) is 11.8 Å². The highest BCUT2D eigenvalue weighted by Gasteiger charge is 2.16. The smallest absolute Gasteiger partial charge is 0.256 e. The normalized spacial score (nSPS) is 11.6. The lowest BCUT2D eigenvalue weighted by atomic mass is 10.0. The number of hydrogen-bond donors (Lipinski definition) is 2. The van der Waals surface area contributed by atoms with Crippen LogP contribution in [0.1, 0.15) is 0 Å². The molecule has 0 fully saturated rings. The van der Waals surface area contributed by atoms with Crippen molar-refractivity contribution in [3.05, 3.63) is 76.4 Å². The highest BCUT2D eigenvalue weighted by Crippen LogP contribution is 2.35. The minimum atomic E-state index is -0.407. The topological polar surface area (TPSA) is 88.5 Å². The molecule has 0 aliphatic carbocycles. The lowest BCUT2D eigenvalue weighted by Gasteiger charge is -2.05. The summed E-state index contributed by atoms with van der Waals surface area (Å²) in [6.45, 7) is 0. The number of pyridine rings is 2. The second kappa shape index (κ2) is 5.82. The number of nitrogens with zero attached hydrogens (tertiary/aromatic N) is 2. The van der Waals surface area contributed by atoms with Crippen molar-refractivity contribution in [3.63, 3.8) is 0 Å². The summed E-state index contributed by atoms with van der Waals surface area (Å²) in [4.78, 5) is 23.8. The number of nitrogens with one attached hydrogen (secondary N) is 2. The molecule has 0 amide bonds. The Bertz CT molecular complexity index is 1390. The number of imidazole rings is 1. The monoisotopic (exact) mass is 378 g/mol. The molecule has 2 aromatic carbocycles. The van der Waals surface area contributed by atoms with E-state index in [9.17, 15) is 14.4 Å². The van der Waals surface area contributed by atoms with Crippen LogP contribution in [0.4, 0.5) is 4.39 Å². The Morgan fingerprint density at radius 1 is 1.07 bits per heavy atom. The number of aromatic nitrogens is 4. The van der Waals surface area contributed by atoms with Crippen LogP contribution in [-0.2, 0) is 0 Å². The maximum absolute atomic E-state index is 13.9. The molecular formula is C19H11FN4O2S. The van der Waals surface area contributed by atoms with E-state index in [0.717, 1.165) is 15.8 Å². The van der Waals surface area contributed by atoms with Gasteiger partial charge in [-0.05, 0) is 24.3 Å². The van der Waals surface area contributed by atoms with E-state index in [0.29, 0.717) is 31.6 Å². The lowest BCUT2D eigenvalue weighted by molar-refractivity contribution is -0.605. The summed E-state index contributed by atoms with van der Waals surface area (Å²) in [5, 5.41) is 14.1. The van der Waals surface area contributed by atoms with E-state index in [4.69, 9.17) is 0 Å². The molecule has 0 saturated carbocycles. The van der Waals surface area contributed by atoms with Crippen LogP contribution in [0, 0.1) is 11.0 Å². The zero-order valence-corrected chi connectivity index (χ0v) is 14.5. The molecule has 27 heavy (non-hydrogen) atoms. The standard InChI is InChI=1S/C19H11FN4O2S/c20-10-1-2-12-14(9-10)15-13(3-6-21-18(15)25)17-16(12)22-19(23-17)27-11-4-7-24(26)8-5-11/h1-9H,(H,21,25)(H,22,23). The molecule has 0 aliphatic heterocycles. The van der Waals surface area contributed by atoms with Gasteiger partial charge in [0, 0.05) is 39.4 Å². The Labute approximate surface area is 155 Å². The summed E-state index contributed by atoms with van der Waals surface area (Å²) in [5.74, 6) is -0.407. The minimum absolute atomic E-state index is 0.287. The number of H-pyrrole nitrogens is 2. The molecule has 0 spiro atoms. The molecule has 132 valence electrons. The van der Waals surface area contributed by atoms with Gasteiger partial charge >= 0.3 is 0 Å². The highest BCUT2D eigenvalue weighted by atomic mass is 32.2. The lowest BCUT2D eigenvalue weighted by Crippen LogP contribution is -2.23. The fraction of sp³-hybridized carbons (Fsp3) is 0. The predicted octanol–water partition coefficient (Wildman–Crippen LogP) is 3.48. The van der Waals surface area contributed by atoms with Gasteiger partial charge < -0.3 is 15.2 Å². The van der Waals surface area contributed by atoms with Gasteiger partial charge in [-0.2, -0.15) is 4.73 Å². The van der Waals surface area contributed by atoms with Gasteiger partial charge in [0.25, 0.3) is 5.56 Å². The molecule has 6 nitrogen and oxygen atoms in total. The molecule has 0 radical (unpaired) electrons. The van der Waals surface area contributed by atoms with Gasteiger partial charge in [0.05, 0.1) is 16.4 Å². The van der Waals surface area contributed by atoms with Crippen LogP contribution in [0.15, 0.2) is 69.8 Å². The Kier molecular flexibility index (Phi) is 3.41. The third kappa shape index (κ3) is 2.53. The van der Waals surface area contributed by atoms with Gasteiger partial charge in [0.2, 0.25) is 0 Å². The van der Waals surface area contributed by atoms with E-state index in [1.54, 1.807) is 30.5 Å². The van der Waals surface area contributed by atoms with Crippen LogP contribution in [-0.4, -0.2) is 15.0 Å². The van der Waals surface area contributed by atoms with E-state index < -0.39 is 5.82 Å². The van der Waals surface area contributed by atoms with Gasteiger partial charge in [-0.3, -0.25) is 4.79 Å². The summed E-state index contributed by atoms with van der Waals surface area (Å²) < 4.78 is 14.6. The van der Waals surface area contributed by atoms with Gasteiger partial charge in [-0.15, -0.1) is 0 Å². The molecule has 0 aliphatic rings. The third-order valence-electron chi connectivity index (χ3n) is 4.40. The first kappa shape index (κ1) is 15.8. The first-order valence-electron chi connectivity index (χ1n) is 8.09. The molecule has 0 atom stereocenters. The number of fused-ring (bicyclic) bond motifs is 6. The van der Waals surface area contributed by atoms with Crippen LogP contribution in [0.25, 0.3) is 32.6 Å². The zero-order valence-electron chi connectivity index (χ0n) is 13.7. The molecule has 3 aromatic heterocycles. The average molecular weight is 378 g/mol. The maximum Gasteiger partial charge on any atom is 0.256 e. The number of aromatic amines is 2. The fourth-order valence-electron chi connectivity index (χ4n) is 3.25. The predicted molar refractivity (Wildman–Crippen MR) is 101 cm³/mol. The molecule has 0 unspecified atom stereocenters. The molecule has 8 heteroatoms. The van der Waals surface area contributed by atoms with Crippen molar-refractivity contribution in [3.8, 4) is 0 Å². The maximum atomic E-state index is 13.9. The van der Waals surface area contributed by atoms with Crippen LogP contribution < -0.4 is 10.3 Å². The minimum Gasteiger partial charge on any atom is -0.619 e. The van der Waals surface area contributed by atoms with Crippen molar-refractivity contribution >= 4 is 44.3 Å². The molecule has 2 N–H and O–H groups in total. The van der Waals surface area contributed by atoms with Crippen molar-refractivity contribution in [2.45, 2.75) is 10.1 Å². The number of halogens is 1. The zero-order chi connectivity index (χ0) is 18.5. The van der Waals surface area contributed by atoms with Gasteiger partial charge in [-0.25, -0.2) is 9.37 Å². The summed E-state index contributed by atoms with van der Waals surface area (Å²) in [5.41, 5.74) is 1.10. The molecular weight excluding hydrogens is 367 g/mol. The van der Waals surface area contributed by atoms with E-state index in [-0.39, 0.29) is 5.56 Å². The van der Waals surface area contributed by atoms with E-state index in [1.165, 1.54) is 36.3 Å². The summed E-state index contributed by atoms with van der Waals surface area (Å²) in [7, 11) is 0. The van der Waals surface area contributed by atoms with Crippen molar-refractivity contribution in [1.82, 2.24) is 15.0 Å². The first-order chi connectivity index (χ1) is 13.1. The van der Waals surface area contributed by atoms with E-state index >= 15 is 0 Å². The van der Waals surface area contributed by atoms with Gasteiger partial charge in [0.1, 0.15) is 5.82 Å². The van der Waals surface area contributed by atoms with Crippen molar-refractivity contribution in [2.24, 2.45) is 0 Å². The largest absolute Gasteiger partial charge is 0.619 e. The number of benzene rings is 2. The Balaban J connectivity index is 1.82. The Morgan fingerprint density at radius 3 is 2.70 bits per heavy atom. The second-order valence-corrected chi connectivity index (χ2v) is 7.11. The summed E-state index contributed by atoms with van der Waals surface area (Å²) in [6, 6.07) is 9.53. The number of hydrogen-bond acceptors (Lipinski definition) is 4. The SMILES string of the molecule is O=c1[nH]ccc2c3nc(Sc4cc[n+]([O-])cc4)[nH]c3c3ccc(F)cc3c12. The van der Waals surface area contributed by atoms with Crippen LogP contribution in [0.5, 0.6) is 0 Å². The molecule has 3 heterocycles. The summed E-state index contributed by atoms with van der Waals surface area (Å²) in [6.07, 6.45) is 4.39. The van der Waals surface area contributed by atoms with Crippen molar-refractivity contribution in [2.75, 3.05) is 0 Å². The second-order valence-electron chi connectivity index (χ2n) is 6.05. The Hall–Kier alpha value is -3.39. The van der Waals surface area contributed by atoms with E-state index in [2.05, 4.69) is 15.0 Å². The van der Waals surface area contributed by atoms with Gasteiger partial charge in [0.15, 0.2) is 17.6 Å².